The maximum atomic E-state index is 11.7. The van der Waals surface area contributed by atoms with Crippen molar-refractivity contribution in [3.63, 3.8) is 0 Å². The Morgan fingerprint density at radius 1 is 1.28 bits per heavy atom. The van der Waals surface area contributed by atoms with E-state index in [4.69, 9.17) is 9.47 Å². The average molecular weight is 251 g/mol. The van der Waals surface area contributed by atoms with Gasteiger partial charge in [-0.1, -0.05) is 12.1 Å². The summed E-state index contributed by atoms with van der Waals surface area (Å²) in [4.78, 5) is 11.7. The fraction of sp³-hybridized carbons (Fsp3) is 0.500. The van der Waals surface area contributed by atoms with Crippen molar-refractivity contribution in [1.29, 1.82) is 0 Å². The fourth-order valence-corrected chi connectivity index (χ4v) is 1.45. The summed E-state index contributed by atoms with van der Waals surface area (Å²) < 4.78 is 10.1. The van der Waals surface area contributed by atoms with Crippen molar-refractivity contribution < 1.29 is 14.3 Å². The zero-order chi connectivity index (χ0) is 13.6. The molecule has 0 bridgehead atoms. The first-order chi connectivity index (χ1) is 8.49. The lowest BCUT2D eigenvalue weighted by Gasteiger charge is -2.24. The van der Waals surface area contributed by atoms with Crippen molar-refractivity contribution in [3.8, 4) is 5.75 Å². The van der Waals surface area contributed by atoms with Crippen LogP contribution in [0, 0.1) is 0 Å². The normalized spacial score (nSPS) is 11.1. The Balaban J connectivity index is 2.55. The minimum absolute atomic E-state index is 0.237. The Kier molecular flexibility index (Phi) is 5.16. The molecule has 0 radical (unpaired) electrons. The van der Waals surface area contributed by atoms with Gasteiger partial charge in [-0.15, -0.1) is 0 Å². The molecule has 0 saturated carbocycles. The smallest absolute Gasteiger partial charge is 0.325 e. The summed E-state index contributed by atoms with van der Waals surface area (Å²) in [6.45, 7) is 6.43. The number of nitrogens with one attached hydrogen (secondary N) is 1. The monoisotopic (exact) mass is 251 g/mol. The molecule has 1 aromatic rings. The molecule has 1 rings (SSSR count). The number of hydrogen-bond acceptors (Lipinski definition) is 4. The highest BCUT2D eigenvalue weighted by molar-refractivity contribution is 5.79. The third kappa shape index (κ3) is 4.04. The van der Waals surface area contributed by atoms with E-state index in [0.717, 1.165) is 11.3 Å². The van der Waals surface area contributed by atoms with Crippen LogP contribution in [0.1, 0.15) is 26.3 Å². The molecular weight excluding hydrogens is 230 g/mol. The molecule has 0 spiro atoms. The molecule has 4 heteroatoms. The van der Waals surface area contributed by atoms with Crippen LogP contribution in [0.4, 0.5) is 0 Å². The quantitative estimate of drug-likeness (QED) is 0.787. The van der Waals surface area contributed by atoms with Gasteiger partial charge in [0.1, 0.15) is 11.3 Å². The van der Waals surface area contributed by atoms with Gasteiger partial charge in [0.05, 0.1) is 13.7 Å². The summed E-state index contributed by atoms with van der Waals surface area (Å²) in [5, 5.41) is 3.18. The number of hydrogen-bond donors (Lipinski definition) is 1. The largest absolute Gasteiger partial charge is 0.497 e. The highest BCUT2D eigenvalue weighted by atomic mass is 16.5. The number of ether oxygens (including phenoxy) is 2. The Labute approximate surface area is 108 Å². The van der Waals surface area contributed by atoms with Crippen LogP contribution in [-0.4, -0.2) is 25.2 Å². The van der Waals surface area contributed by atoms with Crippen LogP contribution in [0.3, 0.4) is 0 Å². The number of esters is 1. The van der Waals surface area contributed by atoms with Gasteiger partial charge < -0.3 is 9.47 Å². The average Bonchev–Trinajstić information content (AvgIpc) is 2.37. The van der Waals surface area contributed by atoms with Gasteiger partial charge in [0.2, 0.25) is 0 Å². The second-order valence-electron chi connectivity index (χ2n) is 4.55. The maximum Gasteiger partial charge on any atom is 0.325 e. The molecule has 0 fully saturated rings. The molecule has 1 N–H and O–H groups in total. The van der Waals surface area contributed by atoms with E-state index in [9.17, 15) is 4.79 Å². The molecule has 100 valence electrons. The summed E-state index contributed by atoms with van der Waals surface area (Å²) in [5.41, 5.74) is 0.406. The van der Waals surface area contributed by atoms with Gasteiger partial charge in [0.25, 0.3) is 0 Å². The standard InChI is InChI=1S/C14H21NO3/c1-5-18-13(16)14(2,3)15-10-11-6-8-12(17-4)9-7-11/h6-9,15H,5,10H2,1-4H3. The zero-order valence-electron chi connectivity index (χ0n) is 11.4. The van der Waals surface area contributed by atoms with Gasteiger partial charge in [0.15, 0.2) is 0 Å². The molecule has 0 heterocycles. The number of methoxy groups -OCH3 is 1. The minimum Gasteiger partial charge on any atom is -0.497 e. The molecule has 18 heavy (non-hydrogen) atoms. The summed E-state index contributed by atoms with van der Waals surface area (Å²) >= 11 is 0. The molecule has 0 aliphatic rings. The topological polar surface area (TPSA) is 47.6 Å². The van der Waals surface area contributed by atoms with Crippen molar-refractivity contribution in [3.05, 3.63) is 29.8 Å². The van der Waals surface area contributed by atoms with Crippen LogP contribution < -0.4 is 10.1 Å². The first kappa shape index (κ1) is 14.5. The summed E-state index contributed by atoms with van der Waals surface area (Å²) in [5.74, 6) is 0.585. The number of rotatable bonds is 6. The highest BCUT2D eigenvalue weighted by Crippen LogP contribution is 2.13. The second-order valence-corrected chi connectivity index (χ2v) is 4.55. The van der Waals surface area contributed by atoms with Gasteiger partial charge in [-0.05, 0) is 38.5 Å². The van der Waals surface area contributed by atoms with Crippen LogP contribution in [0.15, 0.2) is 24.3 Å². The van der Waals surface area contributed by atoms with Gasteiger partial charge in [-0.2, -0.15) is 0 Å². The van der Waals surface area contributed by atoms with E-state index in [-0.39, 0.29) is 5.97 Å². The van der Waals surface area contributed by atoms with Gasteiger partial charge in [-0.25, -0.2) is 0 Å². The van der Waals surface area contributed by atoms with Crippen molar-refractivity contribution in [1.82, 2.24) is 5.32 Å². The lowest BCUT2D eigenvalue weighted by atomic mass is 10.1. The molecule has 0 aliphatic heterocycles. The van der Waals surface area contributed by atoms with E-state index < -0.39 is 5.54 Å². The molecule has 0 unspecified atom stereocenters. The van der Waals surface area contributed by atoms with Crippen LogP contribution in [-0.2, 0) is 16.1 Å². The van der Waals surface area contributed by atoms with Crippen LogP contribution >= 0.6 is 0 Å². The second kappa shape index (κ2) is 6.40. The lowest BCUT2D eigenvalue weighted by Crippen LogP contribution is -2.47. The molecule has 1 aromatic carbocycles. The fourth-order valence-electron chi connectivity index (χ4n) is 1.45. The molecule has 4 nitrogen and oxygen atoms in total. The van der Waals surface area contributed by atoms with Crippen LogP contribution in [0.2, 0.25) is 0 Å². The molecule has 0 aliphatic carbocycles. The first-order valence-corrected chi connectivity index (χ1v) is 6.04. The van der Waals surface area contributed by atoms with E-state index in [2.05, 4.69) is 5.32 Å². The lowest BCUT2D eigenvalue weighted by molar-refractivity contribution is -0.149. The van der Waals surface area contributed by atoms with E-state index in [1.807, 2.05) is 38.1 Å². The van der Waals surface area contributed by atoms with Crippen molar-refractivity contribution in [2.75, 3.05) is 13.7 Å². The molecule has 0 amide bonds. The predicted octanol–water partition coefficient (Wildman–Crippen LogP) is 2.13. The predicted molar refractivity (Wildman–Crippen MR) is 70.5 cm³/mol. The number of carbonyl (C=O) groups is 1. The molecular formula is C14H21NO3. The maximum absolute atomic E-state index is 11.7. The van der Waals surface area contributed by atoms with Crippen LogP contribution in [0.5, 0.6) is 5.75 Å². The molecule has 0 saturated heterocycles. The summed E-state index contributed by atoms with van der Waals surface area (Å²) in [7, 11) is 1.64. The van der Waals surface area contributed by atoms with Gasteiger partial charge in [0, 0.05) is 6.54 Å². The van der Waals surface area contributed by atoms with Gasteiger partial charge >= 0.3 is 5.97 Å². The number of benzene rings is 1. The Morgan fingerprint density at radius 2 is 1.89 bits per heavy atom. The summed E-state index contributed by atoms with van der Waals surface area (Å²) in [6.07, 6.45) is 0. The Bertz CT molecular complexity index is 385. The Morgan fingerprint density at radius 3 is 2.39 bits per heavy atom. The van der Waals surface area contributed by atoms with E-state index in [1.165, 1.54) is 0 Å². The first-order valence-electron chi connectivity index (χ1n) is 6.04. The molecule has 0 aromatic heterocycles. The van der Waals surface area contributed by atoms with E-state index in [0.29, 0.717) is 13.2 Å². The van der Waals surface area contributed by atoms with Crippen molar-refractivity contribution in [2.24, 2.45) is 0 Å². The zero-order valence-corrected chi connectivity index (χ0v) is 11.4. The van der Waals surface area contributed by atoms with Crippen molar-refractivity contribution in [2.45, 2.75) is 32.9 Å². The van der Waals surface area contributed by atoms with E-state index in [1.54, 1.807) is 14.0 Å². The molecule has 0 atom stereocenters. The third-order valence-electron chi connectivity index (χ3n) is 2.68. The van der Waals surface area contributed by atoms with E-state index >= 15 is 0 Å². The number of carbonyl (C=O) groups excluding carboxylic acids is 1. The highest BCUT2D eigenvalue weighted by Gasteiger charge is 2.28. The third-order valence-corrected chi connectivity index (χ3v) is 2.68. The SMILES string of the molecule is CCOC(=O)C(C)(C)NCc1ccc(OC)cc1. The van der Waals surface area contributed by atoms with Crippen molar-refractivity contribution >= 4 is 5.97 Å². The summed E-state index contributed by atoms with van der Waals surface area (Å²) in [6, 6.07) is 7.73. The Hall–Kier alpha value is -1.55. The van der Waals surface area contributed by atoms with Gasteiger partial charge in [-0.3, -0.25) is 10.1 Å². The van der Waals surface area contributed by atoms with Crippen LogP contribution in [0.25, 0.3) is 0 Å². The minimum atomic E-state index is -0.685.